The second-order valence-electron chi connectivity index (χ2n) is 5.21. The fourth-order valence-corrected chi connectivity index (χ4v) is 3.53. The average Bonchev–Trinajstić information content (AvgIpc) is 2.90. The monoisotopic (exact) mass is 369 g/mol. The van der Waals surface area contributed by atoms with Gasteiger partial charge in [-0.3, -0.25) is 9.59 Å². The van der Waals surface area contributed by atoms with Gasteiger partial charge in [0.25, 0.3) is 0 Å². The number of hydrogen-bond donors (Lipinski definition) is 1. The maximum atomic E-state index is 11.9. The largest absolute Gasteiger partial charge is 0.356 e. The number of nitrogens with one attached hydrogen (secondary N) is 1. The second-order valence-corrected chi connectivity index (χ2v) is 7.37. The summed E-state index contributed by atoms with van der Waals surface area (Å²) >= 11 is 13.3. The van der Waals surface area contributed by atoms with Crippen molar-refractivity contribution < 1.29 is 9.59 Å². The molecule has 1 aromatic carbocycles. The molecule has 0 aliphatic heterocycles. The number of halogens is 2. The zero-order valence-electron chi connectivity index (χ0n) is 12.7. The molecule has 0 saturated carbocycles. The van der Waals surface area contributed by atoms with Crippen LogP contribution in [0.4, 0.5) is 0 Å². The molecule has 1 aromatic heterocycles. The molecule has 0 radical (unpaired) electrons. The molecule has 122 valence electrons. The van der Waals surface area contributed by atoms with Crippen molar-refractivity contribution in [1.29, 1.82) is 0 Å². The summed E-state index contributed by atoms with van der Waals surface area (Å²) in [7, 11) is 0. The number of ketones is 1. The van der Waals surface area contributed by atoms with Gasteiger partial charge in [-0.05, 0) is 49.2 Å². The number of thiophene rings is 1. The number of hydrogen-bond acceptors (Lipinski definition) is 3. The lowest BCUT2D eigenvalue weighted by Gasteiger charge is -2.06. The van der Waals surface area contributed by atoms with E-state index in [1.54, 1.807) is 6.07 Å². The minimum atomic E-state index is -0.125. The SMILES string of the molecule is Cc1ccc(C(=O)CCC(=O)NCCc2cc(Cl)cc(Cl)c2)s1. The Balaban J connectivity index is 1.72. The van der Waals surface area contributed by atoms with E-state index >= 15 is 0 Å². The van der Waals surface area contributed by atoms with Gasteiger partial charge in [-0.2, -0.15) is 0 Å². The first-order valence-corrected chi connectivity index (χ1v) is 8.82. The van der Waals surface area contributed by atoms with Crippen LogP contribution in [0.2, 0.25) is 10.0 Å². The summed E-state index contributed by atoms with van der Waals surface area (Å²) in [4.78, 5) is 25.5. The summed E-state index contributed by atoms with van der Waals surface area (Å²) in [6.45, 7) is 2.44. The maximum Gasteiger partial charge on any atom is 0.220 e. The van der Waals surface area contributed by atoms with Crippen molar-refractivity contribution in [2.24, 2.45) is 0 Å². The molecule has 0 bridgehead atoms. The Labute approximate surface area is 149 Å². The standard InChI is InChI=1S/C17H17Cl2NO2S/c1-11-2-4-16(23-11)15(21)3-5-17(22)20-7-6-12-8-13(18)10-14(19)9-12/h2,4,8-10H,3,5-7H2,1H3,(H,20,22). The normalized spacial score (nSPS) is 10.6. The van der Waals surface area contributed by atoms with Crippen LogP contribution in [0.1, 0.15) is 33.0 Å². The van der Waals surface area contributed by atoms with Gasteiger partial charge in [0.2, 0.25) is 5.91 Å². The number of amides is 1. The summed E-state index contributed by atoms with van der Waals surface area (Å²) < 4.78 is 0. The fourth-order valence-electron chi connectivity index (χ4n) is 2.12. The van der Waals surface area contributed by atoms with Gasteiger partial charge < -0.3 is 5.32 Å². The molecule has 0 unspecified atom stereocenters. The summed E-state index contributed by atoms with van der Waals surface area (Å²) in [5.41, 5.74) is 0.966. The molecule has 3 nitrogen and oxygen atoms in total. The van der Waals surface area contributed by atoms with Crippen LogP contribution in [0, 0.1) is 6.92 Å². The zero-order valence-corrected chi connectivity index (χ0v) is 15.0. The van der Waals surface area contributed by atoms with Crippen molar-refractivity contribution in [3.8, 4) is 0 Å². The van der Waals surface area contributed by atoms with Crippen molar-refractivity contribution in [2.45, 2.75) is 26.2 Å². The van der Waals surface area contributed by atoms with Crippen LogP contribution in [-0.4, -0.2) is 18.2 Å². The van der Waals surface area contributed by atoms with E-state index in [0.717, 1.165) is 10.4 Å². The lowest BCUT2D eigenvalue weighted by molar-refractivity contribution is -0.121. The summed E-state index contributed by atoms with van der Waals surface area (Å²) in [5.74, 6) is -0.111. The summed E-state index contributed by atoms with van der Waals surface area (Å²) in [5, 5.41) is 3.97. The van der Waals surface area contributed by atoms with Gasteiger partial charge in [0.1, 0.15) is 0 Å². The molecule has 2 rings (SSSR count). The minimum absolute atomic E-state index is 0.0138. The highest BCUT2D eigenvalue weighted by Gasteiger charge is 2.11. The molecule has 0 aliphatic rings. The molecular weight excluding hydrogens is 353 g/mol. The van der Waals surface area contributed by atoms with Gasteiger partial charge in [-0.15, -0.1) is 11.3 Å². The van der Waals surface area contributed by atoms with E-state index in [1.165, 1.54) is 11.3 Å². The first kappa shape index (κ1) is 18.0. The third-order valence-corrected chi connectivity index (χ3v) is 4.73. The van der Waals surface area contributed by atoms with Crippen LogP contribution in [0.5, 0.6) is 0 Å². The molecule has 1 heterocycles. The first-order chi connectivity index (χ1) is 10.9. The van der Waals surface area contributed by atoms with Crippen molar-refractivity contribution >= 4 is 46.2 Å². The van der Waals surface area contributed by atoms with E-state index in [-0.39, 0.29) is 24.5 Å². The van der Waals surface area contributed by atoms with Crippen LogP contribution in [0.15, 0.2) is 30.3 Å². The third kappa shape index (κ3) is 5.98. The van der Waals surface area contributed by atoms with Gasteiger partial charge in [0, 0.05) is 34.3 Å². The number of rotatable bonds is 7. The first-order valence-electron chi connectivity index (χ1n) is 7.25. The second kappa shape index (κ2) is 8.48. The fraction of sp³-hybridized carbons (Fsp3) is 0.294. The molecule has 6 heteroatoms. The number of carbonyl (C=O) groups excluding carboxylic acids is 2. The van der Waals surface area contributed by atoms with Gasteiger partial charge in [-0.25, -0.2) is 0 Å². The maximum absolute atomic E-state index is 11.9. The van der Waals surface area contributed by atoms with E-state index in [2.05, 4.69) is 5.32 Å². The molecule has 1 amide bonds. The predicted octanol–water partition coefficient (Wildman–Crippen LogP) is 4.69. The van der Waals surface area contributed by atoms with Crippen LogP contribution in [-0.2, 0) is 11.2 Å². The number of carbonyl (C=O) groups is 2. The Hall–Kier alpha value is -1.36. The lowest BCUT2D eigenvalue weighted by atomic mass is 10.1. The Kier molecular flexibility index (Phi) is 6.63. The molecule has 23 heavy (non-hydrogen) atoms. The Morgan fingerprint density at radius 1 is 1.09 bits per heavy atom. The van der Waals surface area contributed by atoms with E-state index in [4.69, 9.17) is 23.2 Å². The minimum Gasteiger partial charge on any atom is -0.356 e. The van der Waals surface area contributed by atoms with E-state index < -0.39 is 0 Å². The van der Waals surface area contributed by atoms with Crippen molar-refractivity contribution in [1.82, 2.24) is 5.32 Å². The predicted molar refractivity (Wildman–Crippen MR) is 95.8 cm³/mol. The van der Waals surface area contributed by atoms with E-state index in [0.29, 0.717) is 27.9 Å². The summed E-state index contributed by atoms with van der Waals surface area (Å²) in [6, 6.07) is 9.03. The van der Waals surface area contributed by atoms with Crippen LogP contribution in [0.25, 0.3) is 0 Å². The van der Waals surface area contributed by atoms with E-state index in [1.807, 2.05) is 31.2 Å². The molecule has 0 aliphatic carbocycles. The average molecular weight is 370 g/mol. The van der Waals surface area contributed by atoms with Crippen LogP contribution >= 0.6 is 34.5 Å². The van der Waals surface area contributed by atoms with Crippen LogP contribution in [0.3, 0.4) is 0 Å². The molecule has 1 N–H and O–H groups in total. The third-order valence-electron chi connectivity index (χ3n) is 3.25. The van der Waals surface area contributed by atoms with Crippen molar-refractivity contribution in [3.05, 3.63) is 55.7 Å². The zero-order chi connectivity index (χ0) is 16.8. The molecule has 0 atom stereocenters. The van der Waals surface area contributed by atoms with Gasteiger partial charge in [-0.1, -0.05) is 23.2 Å². The lowest BCUT2D eigenvalue weighted by Crippen LogP contribution is -2.26. The number of aryl methyl sites for hydroxylation is 1. The Morgan fingerprint density at radius 3 is 2.39 bits per heavy atom. The van der Waals surface area contributed by atoms with Gasteiger partial charge >= 0.3 is 0 Å². The molecule has 0 fully saturated rings. The number of benzene rings is 1. The molecule has 0 saturated heterocycles. The molecule has 2 aromatic rings. The van der Waals surface area contributed by atoms with Crippen molar-refractivity contribution in [3.63, 3.8) is 0 Å². The van der Waals surface area contributed by atoms with Crippen LogP contribution < -0.4 is 5.32 Å². The Bertz CT molecular complexity index is 692. The van der Waals surface area contributed by atoms with Gasteiger partial charge in [0.05, 0.1) is 4.88 Å². The highest BCUT2D eigenvalue weighted by atomic mass is 35.5. The van der Waals surface area contributed by atoms with Gasteiger partial charge in [0.15, 0.2) is 5.78 Å². The Morgan fingerprint density at radius 2 is 1.78 bits per heavy atom. The highest BCUT2D eigenvalue weighted by molar-refractivity contribution is 7.14. The van der Waals surface area contributed by atoms with E-state index in [9.17, 15) is 9.59 Å². The molecule has 0 spiro atoms. The number of Topliss-reactive ketones (excluding diaryl/α,β-unsaturated/α-hetero) is 1. The highest BCUT2D eigenvalue weighted by Crippen LogP contribution is 2.19. The molecular formula is C17H17Cl2NO2S. The van der Waals surface area contributed by atoms with Crippen molar-refractivity contribution in [2.75, 3.05) is 6.54 Å². The topological polar surface area (TPSA) is 46.2 Å². The summed E-state index contributed by atoms with van der Waals surface area (Å²) in [6.07, 6.45) is 1.07. The smallest absolute Gasteiger partial charge is 0.220 e. The quantitative estimate of drug-likeness (QED) is 0.719.